The van der Waals surface area contributed by atoms with Gasteiger partial charge >= 0.3 is 0 Å². The van der Waals surface area contributed by atoms with E-state index in [1.165, 1.54) is 51.4 Å². The molecule has 2 nitrogen and oxygen atoms in total. The van der Waals surface area contributed by atoms with Crippen LogP contribution in [0.25, 0.3) is 11.0 Å². The second-order valence-electron chi connectivity index (χ2n) is 6.66. The van der Waals surface area contributed by atoms with E-state index in [9.17, 15) is 4.79 Å². The summed E-state index contributed by atoms with van der Waals surface area (Å²) in [5.41, 5.74) is 1.93. The van der Waals surface area contributed by atoms with Gasteiger partial charge in [-0.05, 0) is 31.0 Å². The maximum atomic E-state index is 12.1. The van der Waals surface area contributed by atoms with Crippen LogP contribution >= 0.6 is 0 Å². The highest BCUT2D eigenvalue weighted by Crippen LogP contribution is 2.16. The fourth-order valence-corrected chi connectivity index (χ4v) is 3.05. The molecular weight excluding hydrogens is 284 g/mol. The van der Waals surface area contributed by atoms with Crippen molar-refractivity contribution in [3.63, 3.8) is 0 Å². The van der Waals surface area contributed by atoms with Crippen molar-refractivity contribution in [3.05, 3.63) is 45.8 Å². The Labute approximate surface area is 139 Å². The van der Waals surface area contributed by atoms with Crippen LogP contribution in [0.4, 0.5) is 0 Å². The molecule has 0 atom stereocenters. The zero-order chi connectivity index (χ0) is 16.5. The number of hydrogen-bond donors (Lipinski definition) is 0. The molecule has 0 radical (unpaired) electrons. The zero-order valence-electron chi connectivity index (χ0n) is 14.7. The molecule has 2 heteroatoms. The summed E-state index contributed by atoms with van der Waals surface area (Å²) in [5, 5.41) is 0.687. The third-order valence-corrected chi connectivity index (χ3v) is 4.46. The quantitative estimate of drug-likeness (QED) is 0.490. The second-order valence-corrected chi connectivity index (χ2v) is 6.66. The van der Waals surface area contributed by atoms with Gasteiger partial charge in [0.25, 0.3) is 0 Å². The van der Waals surface area contributed by atoms with Gasteiger partial charge < -0.3 is 4.42 Å². The molecule has 23 heavy (non-hydrogen) atoms. The summed E-state index contributed by atoms with van der Waals surface area (Å²) < 4.78 is 5.90. The first-order valence-corrected chi connectivity index (χ1v) is 9.24. The van der Waals surface area contributed by atoms with Gasteiger partial charge in [0.15, 0.2) is 5.43 Å². The zero-order valence-corrected chi connectivity index (χ0v) is 14.7. The predicted molar refractivity (Wildman–Crippen MR) is 98.2 cm³/mol. The topological polar surface area (TPSA) is 30.2 Å². The molecule has 0 amide bonds. The van der Waals surface area contributed by atoms with Crippen LogP contribution in [0.15, 0.2) is 33.5 Å². The lowest BCUT2D eigenvalue weighted by Crippen LogP contribution is -2.02. The molecule has 0 aliphatic heterocycles. The number of fused-ring (bicyclic) bond motifs is 1. The molecule has 0 aliphatic rings. The van der Waals surface area contributed by atoms with Crippen LogP contribution in [0.2, 0.25) is 0 Å². The van der Waals surface area contributed by atoms with Crippen LogP contribution in [-0.4, -0.2) is 0 Å². The molecule has 126 valence electrons. The third kappa shape index (κ3) is 5.85. The Bertz CT molecular complexity index is 654. The van der Waals surface area contributed by atoms with Crippen LogP contribution in [0.1, 0.15) is 76.0 Å². The smallest absolute Gasteiger partial charge is 0.192 e. The van der Waals surface area contributed by atoms with E-state index in [4.69, 9.17) is 4.42 Å². The van der Waals surface area contributed by atoms with Crippen LogP contribution in [0.5, 0.6) is 0 Å². The lowest BCUT2D eigenvalue weighted by atomic mass is 10.1. The van der Waals surface area contributed by atoms with Gasteiger partial charge in [0.05, 0.1) is 5.39 Å². The fourth-order valence-electron chi connectivity index (χ4n) is 3.05. The maximum Gasteiger partial charge on any atom is 0.192 e. The molecule has 0 fully saturated rings. The molecule has 1 aromatic heterocycles. The maximum absolute atomic E-state index is 12.1. The number of aryl methyl sites for hydroxylation is 2. The molecule has 0 spiro atoms. The number of hydrogen-bond acceptors (Lipinski definition) is 2. The number of rotatable bonds is 10. The van der Waals surface area contributed by atoms with Crippen molar-refractivity contribution in [1.82, 2.24) is 0 Å². The lowest BCUT2D eigenvalue weighted by molar-refractivity contribution is 0.507. The molecule has 1 heterocycles. The first kappa shape index (κ1) is 17.8. The summed E-state index contributed by atoms with van der Waals surface area (Å²) in [5.74, 6) is 0.830. The Balaban J connectivity index is 1.74. The van der Waals surface area contributed by atoms with Crippen molar-refractivity contribution < 1.29 is 4.42 Å². The molecular formula is C21H30O2. The minimum Gasteiger partial charge on any atom is -0.461 e. The van der Waals surface area contributed by atoms with Gasteiger partial charge in [-0.2, -0.15) is 0 Å². The van der Waals surface area contributed by atoms with E-state index in [0.29, 0.717) is 5.39 Å². The van der Waals surface area contributed by atoms with Crippen LogP contribution in [0.3, 0.4) is 0 Å². The van der Waals surface area contributed by atoms with E-state index in [1.807, 2.05) is 25.1 Å². The molecule has 2 rings (SSSR count). The minimum absolute atomic E-state index is 0.0807. The van der Waals surface area contributed by atoms with Crippen LogP contribution in [-0.2, 0) is 6.42 Å². The summed E-state index contributed by atoms with van der Waals surface area (Å²) >= 11 is 0. The molecule has 0 N–H and O–H groups in total. The average Bonchev–Trinajstić information content (AvgIpc) is 2.53. The van der Waals surface area contributed by atoms with E-state index in [-0.39, 0.29) is 5.43 Å². The van der Waals surface area contributed by atoms with Crippen molar-refractivity contribution in [2.75, 3.05) is 0 Å². The summed E-state index contributed by atoms with van der Waals surface area (Å²) in [6.45, 7) is 4.28. The van der Waals surface area contributed by atoms with E-state index >= 15 is 0 Å². The molecule has 0 saturated carbocycles. The van der Waals surface area contributed by atoms with Crippen molar-refractivity contribution in [1.29, 1.82) is 0 Å². The highest BCUT2D eigenvalue weighted by atomic mass is 16.3. The molecule has 0 bridgehead atoms. The molecule has 1 aromatic carbocycles. The summed E-state index contributed by atoms with van der Waals surface area (Å²) in [4.78, 5) is 12.1. The Kier molecular flexibility index (Phi) is 7.38. The number of benzene rings is 1. The lowest BCUT2D eigenvalue weighted by Gasteiger charge is -2.04. The molecule has 0 unspecified atom stereocenters. The standard InChI is InChI=1S/C21H30O2/c1-3-4-5-6-7-8-9-10-11-12-18-16-20(22)19-14-13-17(2)15-21(19)23-18/h13-16H,3-12H2,1-2H3. The fraction of sp³-hybridized carbons (Fsp3) is 0.571. The largest absolute Gasteiger partial charge is 0.461 e. The van der Waals surface area contributed by atoms with Crippen molar-refractivity contribution in [2.24, 2.45) is 0 Å². The van der Waals surface area contributed by atoms with Gasteiger partial charge in [0.1, 0.15) is 11.3 Å². The Morgan fingerprint density at radius 3 is 2.22 bits per heavy atom. The highest BCUT2D eigenvalue weighted by Gasteiger charge is 2.05. The predicted octanol–water partition coefficient (Wildman–Crippen LogP) is 6.17. The minimum atomic E-state index is 0.0807. The third-order valence-electron chi connectivity index (χ3n) is 4.46. The van der Waals surface area contributed by atoms with Crippen molar-refractivity contribution in [3.8, 4) is 0 Å². The van der Waals surface area contributed by atoms with Gasteiger partial charge in [-0.25, -0.2) is 0 Å². The van der Waals surface area contributed by atoms with Gasteiger partial charge in [-0.15, -0.1) is 0 Å². The monoisotopic (exact) mass is 314 g/mol. The molecule has 2 aromatic rings. The highest BCUT2D eigenvalue weighted by molar-refractivity contribution is 5.77. The van der Waals surface area contributed by atoms with Gasteiger partial charge in [-0.3, -0.25) is 4.79 Å². The summed E-state index contributed by atoms with van der Waals surface area (Å²) in [6.07, 6.45) is 12.7. The van der Waals surface area contributed by atoms with E-state index in [1.54, 1.807) is 6.07 Å². The van der Waals surface area contributed by atoms with Gasteiger partial charge in [0.2, 0.25) is 0 Å². The van der Waals surface area contributed by atoms with Crippen LogP contribution < -0.4 is 5.43 Å². The molecule has 0 aliphatic carbocycles. The first-order valence-electron chi connectivity index (χ1n) is 9.24. The van der Waals surface area contributed by atoms with Crippen LogP contribution in [0, 0.1) is 6.92 Å². The van der Waals surface area contributed by atoms with Crippen molar-refractivity contribution in [2.45, 2.75) is 78.1 Å². The van der Waals surface area contributed by atoms with Gasteiger partial charge in [0, 0.05) is 12.5 Å². The average molecular weight is 314 g/mol. The SMILES string of the molecule is CCCCCCCCCCCc1cc(=O)c2ccc(C)cc2o1. The first-order chi connectivity index (χ1) is 11.2. The van der Waals surface area contributed by atoms with E-state index < -0.39 is 0 Å². The summed E-state index contributed by atoms with van der Waals surface area (Å²) in [6, 6.07) is 7.44. The summed E-state index contributed by atoms with van der Waals surface area (Å²) in [7, 11) is 0. The van der Waals surface area contributed by atoms with E-state index in [0.717, 1.165) is 29.7 Å². The Morgan fingerprint density at radius 1 is 0.870 bits per heavy atom. The number of unbranched alkanes of at least 4 members (excludes halogenated alkanes) is 8. The Hall–Kier alpha value is -1.57. The van der Waals surface area contributed by atoms with Gasteiger partial charge in [-0.1, -0.05) is 64.4 Å². The van der Waals surface area contributed by atoms with Crippen molar-refractivity contribution >= 4 is 11.0 Å². The van der Waals surface area contributed by atoms with E-state index in [2.05, 4.69) is 6.92 Å². The molecule has 0 saturated heterocycles. The normalized spacial score (nSPS) is 11.2. The Morgan fingerprint density at radius 2 is 1.52 bits per heavy atom. The second kappa shape index (κ2) is 9.54.